The Hall–Kier alpha value is -0.860. The van der Waals surface area contributed by atoms with Crippen molar-refractivity contribution in [2.45, 2.75) is 12.8 Å². The Labute approximate surface area is 54.3 Å². The standard InChI is InChI=1S/C6H10N2O/c9-6-3-7-8-4-1-2-5-8/h3,6H,1-2,4-5H2. The lowest BCUT2D eigenvalue weighted by Gasteiger charge is -2.06. The second kappa shape index (κ2) is 3.22. The normalized spacial score (nSPS) is 19.3. The van der Waals surface area contributed by atoms with E-state index in [1.54, 1.807) is 0 Å². The van der Waals surface area contributed by atoms with Crippen LogP contribution in [0, 0.1) is 0 Å². The third kappa shape index (κ3) is 1.83. The fraction of sp³-hybridized carbons (Fsp3) is 0.667. The van der Waals surface area contributed by atoms with E-state index in [0.717, 1.165) is 13.1 Å². The molecule has 9 heavy (non-hydrogen) atoms. The Morgan fingerprint density at radius 3 is 2.56 bits per heavy atom. The van der Waals surface area contributed by atoms with Gasteiger partial charge in [0.05, 0.1) is 6.21 Å². The molecule has 1 fully saturated rings. The van der Waals surface area contributed by atoms with Crippen molar-refractivity contribution in [2.24, 2.45) is 5.10 Å². The lowest BCUT2D eigenvalue weighted by atomic mass is 10.4. The van der Waals surface area contributed by atoms with Crippen LogP contribution in [0.15, 0.2) is 5.10 Å². The first-order valence-electron chi connectivity index (χ1n) is 3.16. The molecule has 3 nitrogen and oxygen atoms in total. The average Bonchev–Trinajstić information content (AvgIpc) is 2.34. The lowest BCUT2D eigenvalue weighted by molar-refractivity contribution is -0.102. The second-order valence-electron chi connectivity index (χ2n) is 2.06. The molecule has 1 rings (SSSR count). The predicted octanol–water partition coefficient (Wildman–Crippen LogP) is 0.267. The van der Waals surface area contributed by atoms with Crippen LogP contribution in [0.4, 0.5) is 0 Å². The van der Waals surface area contributed by atoms with E-state index in [0.29, 0.717) is 6.29 Å². The molecule has 1 aliphatic rings. The zero-order chi connectivity index (χ0) is 6.53. The number of nitrogens with zero attached hydrogens (tertiary/aromatic N) is 2. The Morgan fingerprint density at radius 1 is 1.33 bits per heavy atom. The molecule has 0 saturated carbocycles. The first-order valence-corrected chi connectivity index (χ1v) is 3.16. The number of hydrazone groups is 1. The smallest absolute Gasteiger partial charge is 0.162 e. The summed E-state index contributed by atoms with van der Waals surface area (Å²) in [4.78, 5) is 9.79. The van der Waals surface area contributed by atoms with Gasteiger partial charge in [-0.2, -0.15) is 5.10 Å². The average molecular weight is 126 g/mol. The van der Waals surface area contributed by atoms with Gasteiger partial charge in [-0.15, -0.1) is 0 Å². The van der Waals surface area contributed by atoms with Crippen molar-refractivity contribution in [2.75, 3.05) is 13.1 Å². The number of carbonyl (C=O) groups excluding carboxylic acids is 1. The molecule has 0 spiro atoms. The van der Waals surface area contributed by atoms with Gasteiger partial charge in [0.15, 0.2) is 6.29 Å². The van der Waals surface area contributed by atoms with Gasteiger partial charge in [0.2, 0.25) is 0 Å². The van der Waals surface area contributed by atoms with E-state index in [-0.39, 0.29) is 0 Å². The lowest BCUT2D eigenvalue weighted by Crippen LogP contribution is -2.11. The highest BCUT2D eigenvalue weighted by Crippen LogP contribution is 2.05. The maximum atomic E-state index is 9.79. The molecular formula is C6H10N2O. The van der Waals surface area contributed by atoms with Crippen LogP contribution in [-0.4, -0.2) is 30.6 Å². The van der Waals surface area contributed by atoms with Crippen molar-refractivity contribution in [3.05, 3.63) is 0 Å². The molecule has 0 aromatic rings. The zero-order valence-corrected chi connectivity index (χ0v) is 5.29. The van der Waals surface area contributed by atoms with Crippen LogP contribution >= 0.6 is 0 Å². The molecule has 0 unspecified atom stereocenters. The van der Waals surface area contributed by atoms with E-state index in [1.807, 2.05) is 5.01 Å². The Kier molecular flexibility index (Phi) is 2.24. The largest absolute Gasteiger partial charge is 0.297 e. The van der Waals surface area contributed by atoms with E-state index >= 15 is 0 Å². The van der Waals surface area contributed by atoms with E-state index in [2.05, 4.69) is 5.10 Å². The molecule has 0 aliphatic carbocycles. The van der Waals surface area contributed by atoms with Crippen LogP contribution in [0.5, 0.6) is 0 Å². The van der Waals surface area contributed by atoms with E-state index in [9.17, 15) is 4.79 Å². The molecule has 0 N–H and O–H groups in total. The van der Waals surface area contributed by atoms with Gasteiger partial charge in [0.1, 0.15) is 0 Å². The maximum absolute atomic E-state index is 9.79. The highest BCUT2D eigenvalue weighted by Gasteiger charge is 2.06. The topological polar surface area (TPSA) is 32.7 Å². The van der Waals surface area contributed by atoms with Crippen molar-refractivity contribution in [1.29, 1.82) is 0 Å². The number of hydrogen-bond acceptors (Lipinski definition) is 3. The fourth-order valence-electron chi connectivity index (χ4n) is 0.937. The molecule has 1 saturated heterocycles. The monoisotopic (exact) mass is 126 g/mol. The van der Waals surface area contributed by atoms with Gasteiger partial charge in [-0.05, 0) is 12.8 Å². The van der Waals surface area contributed by atoms with Crippen molar-refractivity contribution < 1.29 is 4.79 Å². The molecule has 0 amide bonds. The van der Waals surface area contributed by atoms with Crippen LogP contribution in [0.1, 0.15) is 12.8 Å². The summed E-state index contributed by atoms with van der Waals surface area (Å²) in [6.45, 7) is 2.01. The fourth-order valence-corrected chi connectivity index (χ4v) is 0.937. The molecule has 0 radical (unpaired) electrons. The van der Waals surface area contributed by atoms with Gasteiger partial charge in [0, 0.05) is 13.1 Å². The van der Waals surface area contributed by atoms with Crippen LogP contribution in [-0.2, 0) is 4.79 Å². The Morgan fingerprint density at radius 2 is 2.00 bits per heavy atom. The molecular weight excluding hydrogens is 116 g/mol. The third-order valence-electron chi connectivity index (χ3n) is 1.37. The minimum atomic E-state index is 0.707. The SMILES string of the molecule is O=CC=NN1CCCC1. The molecule has 0 aromatic heterocycles. The third-order valence-corrected chi connectivity index (χ3v) is 1.37. The van der Waals surface area contributed by atoms with E-state index in [1.165, 1.54) is 19.1 Å². The van der Waals surface area contributed by atoms with Gasteiger partial charge in [-0.3, -0.25) is 9.80 Å². The number of carbonyl (C=O) groups is 1. The summed E-state index contributed by atoms with van der Waals surface area (Å²) < 4.78 is 0. The summed E-state index contributed by atoms with van der Waals surface area (Å²) in [6.07, 6.45) is 4.41. The molecule has 3 heteroatoms. The summed E-state index contributed by atoms with van der Waals surface area (Å²) in [7, 11) is 0. The van der Waals surface area contributed by atoms with Gasteiger partial charge in [-0.25, -0.2) is 0 Å². The van der Waals surface area contributed by atoms with Gasteiger partial charge in [-0.1, -0.05) is 0 Å². The predicted molar refractivity (Wildman–Crippen MR) is 35.4 cm³/mol. The van der Waals surface area contributed by atoms with Gasteiger partial charge < -0.3 is 0 Å². The van der Waals surface area contributed by atoms with Crippen molar-refractivity contribution in [1.82, 2.24) is 5.01 Å². The summed E-state index contributed by atoms with van der Waals surface area (Å²) in [5.74, 6) is 0. The number of aldehydes is 1. The van der Waals surface area contributed by atoms with Gasteiger partial charge >= 0.3 is 0 Å². The minimum Gasteiger partial charge on any atom is -0.297 e. The minimum absolute atomic E-state index is 0.707. The Bertz CT molecular complexity index is 116. The van der Waals surface area contributed by atoms with Crippen LogP contribution in [0.3, 0.4) is 0 Å². The van der Waals surface area contributed by atoms with Crippen LogP contribution in [0.25, 0.3) is 0 Å². The summed E-state index contributed by atoms with van der Waals surface area (Å²) in [6, 6.07) is 0. The van der Waals surface area contributed by atoms with Crippen molar-refractivity contribution in [3.8, 4) is 0 Å². The second-order valence-corrected chi connectivity index (χ2v) is 2.06. The quantitative estimate of drug-likeness (QED) is 0.393. The number of rotatable bonds is 2. The highest BCUT2D eigenvalue weighted by molar-refractivity contribution is 6.12. The zero-order valence-electron chi connectivity index (χ0n) is 5.29. The molecule has 0 bridgehead atoms. The summed E-state index contributed by atoms with van der Waals surface area (Å²) in [5, 5.41) is 5.79. The van der Waals surface area contributed by atoms with Crippen LogP contribution in [0.2, 0.25) is 0 Å². The molecule has 1 heterocycles. The van der Waals surface area contributed by atoms with Crippen LogP contribution < -0.4 is 0 Å². The van der Waals surface area contributed by atoms with E-state index in [4.69, 9.17) is 0 Å². The van der Waals surface area contributed by atoms with Gasteiger partial charge in [0.25, 0.3) is 0 Å². The highest BCUT2D eigenvalue weighted by atomic mass is 16.1. The summed E-state index contributed by atoms with van der Waals surface area (Å²) in [5.41, 5.74) is 0. The molecule has 0 aromatic carbocycles. The maximum Gasteiger partial charge on any atom is 0.162 e. The molecule has 0 atom stereocenters. The Balaban J connectivity index is 2.25. The first kappa shape index (κ1) is 6.26. The molecule has 50 valence electrons. The number of hydrogen-bond donors (Lipinski definition) is 0. The molecule has 1 aliphatic heterocycles. The first-order chi connectivity index (χ1) is 4.43. The van der Waals surface area contributed by atoms with E-state index < -0.39 is 0 Å². The summed E-state index contributed by atoms with van der Waals surface area (Å²) >= 11 is 0. The van der Waals surface area contributed by atoms with Crippen molar-refractivity contribution in [3.63, 3.8) is 0 Å². The van der Waals surface area contributed by atoms with Crippen molar-refractivity contribution >= 4 is 12.5 Å².